The van der Waals surface area contributed by atoms with Crippen molar-refractivity contribution in [3.8, 4) is 0 Å². The summed E-state index contributed by atoms with van der Waals surface area (Å²) in [7, 11) is 0. The zero-order chi connectivity index (χ0) is 35.1. The van der Waals surface area contributed by atoms with Crippen LogP contribution in [0.1, 0.15) is 102 Å². The Morgan fingerprint density at radius 1 is 0.889 bits per heavy atom. The molecular formula is C37H59NO7. The number of carbonyl (C=O) groups is 3. The van der Waals surface area contributed by atoms with Gasteiger partial charge in [0.15, 0.2) is 22.8 Å². The first kappa shape index (κ1) is 40.4. The lowest BCUT2D eigenvalue weighted by Gasteiger charge is -2.60. The van der Waals surface area contributed by atoms with E-state index in [9.17, 15) is 19.5 Å². The number of rotatable bonds is 12. The molecule has 2 bridgehead atoms. The van der Waals surface area contributed by atoms with Crippen LogP contribution in [0.5, 0.6) is 0 Å². The minimum atomic E-state index is -1.87. The Balaban J connectivity index is 0.00000111. The molecule has 0 aromatic rings. The summed E-state index contributed by atoms with van der Waals surface area (Å²) in [5, 5.41) is 36.8. The van der Waals surface area contributed by atoms with E-state index in [4.69, 9.17) is 21.1 Å². The van der Waals surface area contributed by atoms with Gasteiger partial charge in [-0.15, -0.1) is 0 Å². The van der Waals surface area contributed by atoms with Gasteiger partial charge in [0, 0.05) is 16.9 Å². The molecule has 2 aliphatic carbocycles. The van der Waals surface area contributed by atoms with Gasteiger partial charge in [0.1, 0.15) is 11.2 Å². The quantitative estimate of drug-likeness (QED) is 0.132. The number of aliphatic hydroxyl groups excluding tert-OH is 4. The van der Waals surface area contributed by atoms with Crippen molar-refractivity contribution in [3.05, 3.63) is 57.9 Å². The average Bonchev–Trinajstić information content (AvgIpc) is 2.95. The number of hydrogen-bond donors (Lipinski definition) is 5. The Bertz CT molecular complexity index is 1250. The van der Waals surface area contributed by atoms with Crippen LogP contribution in [0.25, 0.3) is 0 Å². The first-order valence-corrected chi connectivity index (χ1v) is 15.9. The number of Topliss-reactive ketones (excluding diaryl/α,β-unsaturated/α-hetero) is 3. The zero-order valence-electron chi connectivity index (χ0n) is 29.5. The van der Waals surface area contributed by atoms with E-state index in [-0.39, 0.29) is 29.5 Å². The molecule has 254 valence electrons. The van der Waals surface area contributed by atoms with E-state index in [1.54, 1.807) is 13.8 Å². The Morgan fingerprint density at radius 2 is 1.38 bits per heavy atom. The molecule has 45 heavy (non-hydrogen) atoms. The topological polar surface area (TPSA) is 158 Å². The predicted octanol–water partition coefficient (Wildman–Crippen LogP) is 5.87. The second-order valence-corrected chi connectivity index (χ2v) is 14.6. The highest BCUT2D eigenvalue weighted by atomic mass is 16.3. The molecule has 0 saturated heterocycles. The van der Waals surface area contributed by atoms with Gasteiger partial charge in [-0.3, -0.25) is 14.4 Å². The van der Waals surface area contributed by atoms with Gasteiger partial charge in [0.05, 0.1) is 25.4 Å². The molecule has 0 aliphatic heterocycles. The van der Waals surface area contributed by atoms with Crippen molar-refractivity contribution in [1.29, 1.82) is 0 Å². The molecule has 2 aliphatic rings. The van der Waals surface area contributed by atoms with E-state index in [1.807, 2.05) is 74.5 Å². The lowest BCUT2D eigenvalue weighted by Crippen LogP contribution is -2.70. The largest absolute Gasteiger partial charge is 0.510 e. The summed E-state index contributed by atoms with van der Waals surface area (Å²) in [6.07, 6.45) is 9.53. The third kappa shape index (κ3) is 8.02. The standard InChI is InChI=1S/C33H48O4.C4H11NO3/c1-20(2)12-14-25-19-32(18-23(7)8)28(35)26(15-13-21(3)4)29(36)33(30(32)37,27(34)24(9)10)31(25,11)17-16-22(5)6;5-4(1-6,2-7)3-8/h12-13,16,18,24-25,35H,14-15,17,19H2,1-11H3;6-8H,1-3,5H2. The van der Waals surface area contributed by atoms with Crippen LogP contribution >= 0.6 is 0 Å². The molecule has 0 aromatic carbocycles. The Kier molecular flexibility index (Phi) is 14.1. The molecule has 4 unspecified atom stereocenters. The maximum Gasteiger partial charge on any atom is 0.184 e. The monoisotopic (exact) mass is 629 g/mol. The summed E-state index contributed by atoms with van der Waals surface area (Å²) < 4.78 is 0. The molecule has 0 amide bonds. The lowest BCUT2D eigenvalue weighted by atomic mass is 9.38. The smallest absolute Gasteiger partial charge is 0.184 e. The number of fused-ring (bicyclic) bond motifs is 2. The highest BCUT2D eigenvalue weighted by Gasteiger charge is 2.75. The molecule has 0 radical (unpaired) electrons. The molecule has 0 aromatic heterocycles. The van der Waals surface area contributed by atoms with Crippen LogP contribution < -0.4 is 5.73 Å². The minimum Gasteiger partial charge on any atom is -0.510 e. The van der Waals surface area contributed by atoms with Gasteiger partial charge in [-0.25, -0.2) is 0 Å². The van der Waals surface area contributed by atoms with Crippen molar-refractivity contribution in [2.75, 3.05) is 19.8 Å². The van der Waals surface area contributed by atoms with Gasteiger partial charge in [0.25, 0.3) is 0 Å². The Hall–Kier alpha value is -2.65. The fourth-order valence-electron chi connectivity index (χ4n) is 6.50. The molecule has 0 spiro atoms. The van der Waals surface area contributed by atoms with Gasteiger partial charge in [-0.1, -0.05) is 67.4 Å². The van der Waals surface area contributed by atoms with Crippen LogP contribution in [0.15, 0.2) is 57.9 Å². The van der Waals surface area contributed by atoms with Crippen molar-refractivity contribution in [3.63, 3.8) is 0 Å². The Morgan fingerprint density at radius 3 is 1.76 bits per heavy atom. The molecule has 8 heteroatoms. The molecule has 4 atom stereocenters. The number of hydrogen-bond acceptors (Lipinski definition) is 8. The molecule has 8 nitrogen and oxygen atoms in total. The molecule has 2 rings (SSSR count). The average molecular weight is 630 g/mol. The summed E-state index contributed by atoms with van der Waals surface area (Å²) in [4.78, 5) is 43.9. The number of allylic oxidation sites excluding steroid dienone is 9. The van der Waals surface area contributed by atoms with E-state index in [2.05, 4.69) is 12.2 Å². The SMILES string of the molecule is CC(C)=CCC1=C(O)C2(C=C(C)C)CC(CC=C(C)C)C(C)(CC=C(C)C)C(C(=O)C(C)C)(C1=O)C2=O.NC(CO)(CO)CO. The first-order chi connectivity index (χ1) is 20.7. The second kappa shape index (κ2) is 15.8. The Labute approximate surface area is 270 Å². The van der Waals surface area contributed by atoms with Crippen LogP contribution in [-0.2, 0) is 14.4 Å². The van der Waals surface area contributed by atoms with E-state index >= 15 is 0 Å². The maximum atomic E-state index is 14.8. The van der Waals surface area contributed by atoms with Crippen molar-refractivity contribution in [2.24, 2.45) is 33.8 Å². The van der Waals surface area contributed by atoms with Gasteiger partial charge in [0.2, 0.25) is 0 Å². The molecular weight excluding hydrogens is 570 g/mol. The molecule has 0 heterocycles. The highest BCUT2D eigenvalue weighted by molar-refractivity contribution is 6.34. The summed E-state index contributed by atoms with van der Waals surface area (Å²) in [5.41, 5.74) is 4.03. The van der Waals surface area contributed by atoms with Crippen molar-refractivity contribution in [2.45, 2.75) is 107 Å². The summed E-state index contributed by atoms with van der Waals surface area (Å²) in [6, 6.07) is 0. The maximum absolute atomic E-state index is 14.8. The second-order valence-electron chi connectivity index (χ2n) is 14.6. The van der Waals surface area contributed by atoms with Gasteiger partial charge >= 0.3 is 0 Å². The normalized spacial score (nSPS) is 26.1. The highest BCUT2D eigenvalue weighted by Crippen LogP contribution is 2.67. The fourth-order valence-corrected chi connectivity index (χ4v) is 6.50. The van der Waals surface area contributed by atoms with Crippen LogP contribution in [0.4, 0.5) is 0 Å². The molecule has 1 fully saturated rings. The van der Waals surface area contributed by atoms with E-state index in [1.165, 1.54) is 0 Å². The molecule has 1 saturated carbocycles. The number of nitrogens with two attached hydrogens (primary N) is 1. The predicted molar refractivity (Wildman–Crippen MR) is 180 cm³/mol. The molecule has 6 N–H and O–H groups in total. The zero-order valence-corrected chi connectivity index (χ0v) is 29.5. The third-order valence-corrected chi connectivity index (χ3v) is 9.23. The number of carbonyl (C=O) groups excluding carboxylic acids is 3. The summed E-state index contributed by atoms with van der Waals surface area (Å²) in [6.45, 7) is 20.0. The van der Waals surface area contributed by atoms with Gasteiger partial charge in [-0.2, -0.15) is 0 Å². The fraction of sp³-hybridized carbons (Fsp3) is 0.649. The van der Waals surface area contributed by atoms with Crippen LogP contribution in [-0.4, -0.2) is 63.1 Å². The van der Waals surface area contributed by atoms with Gasteiger partial charge < -0.3 is 26.2 Å². The summed E-state index contributed by atoms with van der Waals surface area (Å²) in [5.74, 6) is -2.14. The minimum absolute atomic E-state index is 0.167. The number of ketones is 3. The van der Waals surface area contributed by atoms with Crippen LogP contribution in [0.3, 0.4) is 0 Å². The number of aliphatic hydroxyl groups is 4. The van der Waals surface area contributed by atoms with Crippen molar-refractivity contribution < 1.29 is 34.8 Å². The van der Waals surface area contributed by atoms with Crippen LogP contribution in [0.2, 0.25) is 0 Å². The van der Waals surface area contributed by atoms with E-state index in [0.717, 1.165) is 22.3 Å². The van der Waals surface area contributed by atoms with E-state index in [0.29, 0.717) is 19.3 Å². The van der Waals surface area contributed by atoms with Crippen molar-refractivity contribution >= 4 is 17.3 Å². The van der Waals surface area contributed by atoms with Gasteiger partial charge in [-0.05, 0) is 87.0 Å². The third-order valence-electron chi connectivity index (χ3n) is 9.23. The first-order valence-electron chi connectivity index (χ1n) is 15.9. The van der Waals surface area contributed by atoms with Crippen LogP contribution in [0, 0.1) is 28.1 Å². The lowest BCUT2D eigenvalue weighted by molar-refractivity contribution is -0.176. The van der Waals surface area contributed by atoms with Crippen molar-refractivity contribution in [1.82, 2.24) is 0 Å². The van der Waals surface area contributed by atoms with E-state index < -0.39 is 59.1 Å². The summed E-state index contributed by atoms with van der Waals surface area (Å²) >= 11 is 0.